The van der Waals surface area contributed by atoms with Gasteiger partial charge in [0.1, 0.15) is 0 Å². The predicted molar refractivity (Wildman–Crippen MR) is 102 cm³/mol. The summed E-state index contributed by atoms with van der Waals surface area (Å²) in [6, 6.07) is 9.82. The smallest absolute Gasteiger partial charge is 0.0909 e. The lowest BCUT2D eigenvalue weighted by molar-refractivity contribution is 0.552. The molecule has 2 aromatic rings. The highest BCUT2D eigenvalue weighted by Crippen LogP contribution is 2.28. The number of aryl methyl sites for hydroxylation is 2. The van der Waals surface area contributed by atoms with E-state index in [1.807, 2.05) is 36.5 Å². The summed E-state index contributed by atoms with van der Waals surface area (Å²) in [6.45, 7) is 7.26. The molecule has 2 rings (SSSR count). The van der Waals surface area contributed by atoms with Gasteiger partial charge in [0.15, 0.2) is 0 Å². The maximum atomic E-state index is 6.29. The third-order valence-electron chi connectivity index (χ3n) is 3.96. The maximum Gasteiger partial charge on any atom is 0.0909 e. The lowest BCUT2D eigenvalue weighted by Gasteiger charge is -2.13. The lowest BCUT2D eigenvalue weighted by atomic mass is 9.95. The molecule has 0 radical (unpaired) electrons. The number of benzene rings is 2. The molecule has 0 bridgehead atoms. The van der Waals surface area contributed by atoms with Crippen molar-refractivity contribution in [2.24, 2.45) is 4.99 Å². The average molecular weight is 349 g/mol. The predicted octanol–water partition coefficient (Wildman–Crippen LogP) is 5.81. The van der Waals surface area contributed by atoms with E-state index in [0.717, 1.165) is 29.2 Å². The maximum absolute atomic E-state index is 6.29. The number of halogens is 2. The molecule has 0 aliphatic rings. The molecule has 122 valence electrons. The molecule has 0 aromatic heterocycles. The molecule has 0 spiro atoms. The molecule has 0 N–H and O–H groups in total. The van der Waals surface area contributed by atoms with Crippen molar-refractivity contribution in [1.82, 2.24) is 4.90 Å². The minimum absolute atomic E-state index is 0.712. The van der Waals surface area contributed by atoms with E-state index in [9.17, 15) is 0 Å². The van der Waals surface area contributed by atoms with Gasteiger partial charge in [0, 0.05) is 23.6 Å². The third-order valence-corrected chi connectivity index (χ3v) is 4.56. The van der Waals surface area contributed by atoms with E-state index >= 15 is 0 Å². The van der Waals surface area contributed by atoms with Gasteiger partial charge < -0.3 is 4.90 Å². The first-order valence-corrected chi connectivity index (χ1v) is 8.44. The van der Waals surface area contributed by atoms with Crippen molar-refractivity contribution in [3.63, 3.8) is 0 Å². The Morgan fingerprint density at radius 2 is 1.74 bits per heavy atom. The van der Waals surface area contributed by atoms with E-state index in [2.05, 4.69) is 37.9 Å². The van der Waals surface area contributed by atoms with E-state index in [1.54, 1.807) is 0 Å². The molecule has 0 saturated heterocycles. The standard InChI is InChI=1S/C19H22Cl2N2/c1-5-23(4)12-22-17-8-13(2)18(14(3)9-17)11-15-10-16(20)6-7-19(15)21/h6-10,12H,5,11H2,1-4H3. The van der Waals surface area contributed by atoms with Crippen molar-refractivity contribution in [2.45, 2.75) is 27.2 Å². The second-order valence-corrected chi connectivity index (χ2v) is 6.63. The molecule has 0 saturated carbocycles. The molecule has 23 heavy (non-hydrogen) atoms. The molecule has 2 nitrogen and oxygen atoms in total. The van der Waals surface area contributed by atoms with Crippen molar-refractivity contribution in [1.29, 1.82) is 0 Å². The SMILES string of the molecule is CCN(C)C=Nc1cc(C)c(Cc2cc(Cl)ccc2Cl)c(C)c1. The number of rotatable bonds is 5. The lowest BCUT2D eigenvalue weighted by Crippen LogP contribution is -2.14. The first kappa shape index (κ1) is 17.8. The van der Waals surface area contributed by atoms with Gasteiger partial charge in [-0.3, -0.25) is 0 Å². The summed E-state index contributed by atoms with van der Waals surface area (Å²) in [5.41, 5.74) is 5.73. The second-order valence-electron chi connectivity index (χ2n) is 5.79. The van der Waals surface area contributed by atoms with Crippen molar-refractivity contribution in [3.8, 4) is 0 Å². The van der Waals surface area contributed by atoms with Crippen LogP contribution >= 0.6 is 23.2 Å². The van der Waals surface area contributed by atoms with Crippen molar-refractivity contribution in [2.75, 3.05) is 13.6 Å². The van der Waals surface area contributed by atoms with Gasteiger partial charge in [0.05, 0.1) is 12.0 Å². The van der Waals surface area contributed by atoms with E-state index in [-0.39, 0.29) is 0 Å². The van der Waals surface area contributed by atoms with Crippen LogP contribution < -0.4 is 0 Å². The molecule has 4 heteroatoms. The Labute approximate surface area is 148 Å². The molecule has 0 heterocycles. The highest BCUT2D eigenvalue weighted by atomic mass is 35.5. The zero-order valence-electron chi connectivity index (χ0n) is 14.0. The fourth-order valence-corrected chi connectivity index (χ4v) is 2.82. The summed E-state index contributed by atoms with van der Waals surface area (Å²) in [5, 5.41) is 1.46. The van der Waals surface area contributed by atoms with E-state index < -0.39 is 0 Å². The Morgan fingerprint density at radius 3 is 2.35 bits per heavy atom. The summed E-state index contributed by atoms with van der Waals surface area (Å²) in [7, 11) is 2.01. The summed E-state index contributed by atoms with van der Waals surface area (Å²) < 4.78 is 0. The topological polar surface area (TPSA) is 15.6 Å². The molecule has 0 amide bonds. The summed E-state index contributed by atoms with van der Waals surface area (Å²) in [6.07, 6.45) is 2.64. The van der Waals surface area contributed by atoms with Crippen LogP contribution in [0.4, 0.5) is 5.69 Å². The molecular weight excluding hydrogens is 327 g/mol. The summed E-state index contributed by atoms with van der Waals surface area (Å²) >= 11 is 12.4. The third kappa shape index (κ3) is 4.73. The normalized spacial score (nSPS) is 11.2. The van der Waals surface area contributed by atoms with Crippen LogP contribution in [0.5, 0.6) is 0 Å². The number of aliphatic imine (C=N–C) groups is 1. The monoisotopic (exact) mass is 348 g/mol. The molecule has 0 atom stereocenters. The van der Waals surface area contributed by atoms with Gasteiger partial charge in [-0.2, -0.15) is 0 Å². The van der Waals surface area contributed by atoms with Crippen molar-refractivity contribution >= 4 is 35.2 Å². The summed E-state index contributed by atoms with van der Waals surface area (Å²) in [5.74, 6) is 0. The number of hydrogen-bond acceptors (Lipinski definition) is 1. The minimum Gasteiger partial charge on any atom is -0.366 e. The molecule has 2 aromatic carbocycles. The van der Waals surface area contributed by atoms with Crippen molar-refractivity contribution in [3.05, 3.63) is 62.6 Å². The molecule has 0 aliphatic carbocycles. The molecule has 0 unspecified atom stereocenters. The molecular formula is C19H22Cl2N2. The van der Waals surface area contributed by atoms with Gasteiger partial charge in [-0.25, -0.2) is 4.99 Å². The number of nitrogens with zero attached hydrogens (tertiary/aromatic N) is 2. The number of hydrogen-bond donors (Lipinski definition) is 0. The Kier molecular flexibility index (Phi) is 6.09. The molecule has 0 fully saturated rings. The highest BCUT2D eigenvalue weighted by Gasteiger charge is 2.09. The van der Waals surface area contributed by atoms with E-state index in [1.165, 1.54) is 16.7 Å². The Bertz CT molecular complexity index is 700. The Hall–Kier alpha value is -1.51. The second kappa shape index (κ2) is 7.85. The van der Waals surface area contributed by atoms with Crippen LogP contribution in [0.25, 0.3) is 0 Å². The van der Waals surface area contributed by atoms with Crippen LogP contribution in [-0.2, 0) is 6.42 Å². The quantitative estimate of drug-likeness (QED) is 0.491. The average Bonchev–Trinajstić information content (AvgIpc) is 2.51. The van der Waals surface area contributed by atoms with Crippen LogP contribution in [0.2, 0.25) is 10.0 Å². The van der Waals surface area contributed by atoms with Gasteiger partial charge in [-0.05, 0) is 79.8 Å². The van der Waals surface area contributed by atoms with Gasteiger partial charge in [0.2, 0.25) is 0 Å². The van der Waals surface area contributed by atoms with E-state index in [0.29, 0.717) is 5.02 Å². The van der Waals surface area contributed by atoms with Crippen LogP contribution in [0.15, 0.2) is 35.3 Å². The van der Waals surface area contributed by atoms with Crippen molar-refractivity contribution < 1.29 is 0 Å². The highest BCUT2D eigenvalue weighted by molar-refractivity contribution is 6.33. The zero-order valence-corrected chi connectivity index (χ0v) is 15.5. The minimum atomic E-state index is 0.712. The van der Waals surface area contributed by atoms with Crippen LogP contribution in [-0.4, -0.2) is 24.8 Å². The van der Waals surface area contributed by atoms with Gasteiger partial charge in [0.25, 0.3) is 0 Å². The fraction of sp³-hybridized carbons (Fsp3) is 0.316. The van der Waals surface area contributed by atoms with Gasteiger partial charge in [-0.15, -0.1) is 0 Å². The largest absolute Gasteiger partial charge is 0.366 e. The zero-order chi connectivity index (χ0) is 17.0. The van der Waals surface area contributed by atoms with Crippen LogP contribution in [0.3, 0.4) is 0 Å². The fourth-order valence-electron chi connectivity index (χ4n) is 2.44. The van der Waals surface area contributed by atoms with Gasteiger partial charge >= 0.3 is 0 Å². The first-order valence-electron chi connectivity index (χ1n) is 7.69. The first-order chi connectivity index (χ1) is 10.9. The Morgan fingerprint density at radius 1 is 1.09 bits per heavy atom. The Balaban J connectivity index is 2.30. The van der Waals surface area contributed by atoms with Crippen LogP contribution in [0.1, 0.15) is 29.2 Å². The van der Waals surface area contributed by atoms with Crippen LogP contribution in [0, 0.1) is 13.8 Å². The van der Waals surface area contributed by atoms with Gasteiger partial charge in [-0.1, -0.05) is 23.2 Å². The van der Waals surface area contributed by atoms with E-state index in [4.69, 9.17) is 23.2 Å². The summed E-state index contributed by atoms with van der Waals surface area (Å²) in [4.78, 5) is 6.58. The molecule has 0 aliphatic heterocycles.